The van der Waals surface area contributed by atoms with Crippen molar-refractivity contribution < 1.29 is 22.7 Å². The Morgan fingerprint density at radius 2 is 1.56 bits per heavy atom. The van der Waals surface area contributed by atoms with Gasteiger partial charge in [-0.25, -0.2) is 8.42 Å². The third-order valence-corrected chi connectivity index (χ3v) is 6.59. The number of rotatable bonds is 10. The van der Waals surface area contributed by atoms with Gasteiger partial charge in [0.1, 0.15) is 24.7 Å². The van der Waals surface area contributed by atoms with Gasteiger partial charge in [0.25, 0.3) is 10.0 Å². The van der Waals surface area contributed by atoms with E-state index in [-0.39, 0.29) is 28.8 Å². The van der Waals surface area contributed by atoms with Crippen molar-refractivity contribution >= 4 is 33.2 Å². The Balaban J connectivity index is 1.67. The Morgan fingerprint density at radius 1 is 0.938 bits per heavy atom. The van der Waals surface area contributed by atoms with Crippen LogP contribution in [0.3, 0.4) is 0 Å². The molecule has 3 aromatic rings. The predicted molar refractivity (Wildman–Crippen MR) is 124 cm³/mol. The molecule has 3 aromatic carbocycles. The Kier molecular flexibility index (Phi) is 7.97. The summed E-state index contributed by atoms with van der Waals surface area (Å²) >= 11 is 6.25. The number of halogens is 1. The number of nitrogens with zero attached hydrogens (tertiary/aromatic N) is 1. The van der Waals surface area contributed by atoms with E-state index in [0.29, 0.717) is 11.5 Å². The van der Waals surface area contributed by atoms with Crippen LogP contribution in [-0.4, -0.2) is 41.1 Å². The van der Waals surface area contributed by atoms with E-state index >= 15 is 0 Å². The Bertz CT molecular complexity index is 1140. The summed E-state index contributed by atoms with van der Waals surface area (Å²) in [6, 6.07) is 21.4. The molecule has 0 aromatic heterocycles. The van der Waals surface area contributed by atoms with Crippen LogP contribution in [0.4, 0.5) is 5.69 Å². The SMILES string of the molecule is COc1ccc(OCCNC(=O)CN(c2ccccc2Cl)S(=O)(=O)c2ccccc2)cc1. The zero-order valence-electron chi connectivity index (χ0n) is 17.4. The number of para-hydroxylation sites is 1. The highest BCUT2D eigenvalue weighted by Crippen LogP contribution is 2.30. The van der Waals surface area contributed by atoms with Gasteiger partial charge < -0.3 is 14.8 Å². The van der Waals surface area contributed by atoms with Gasteiger partial charge in [0.15, 0.2) is 0 Å². The van der Waals surface area contributed by atoms with Crippen molar-refractivity contribution in [3.05, 3.63) is 83.9 Å². The van der Waals surface area contributed by atoms with Crippen molar-refractivity contribution in [3.8, 4) is 11.5 Å². The third-order valence-electron chi connectivity index (χ3n) is 4.49. The number of anilines is 1. The van der Waals surface area contributed by atoms with Gasteiger partial charge in [-0.2, -0.15) is 0 Å². The number of carbonyl (C=O) groups excluding carboxylic acids is 1. The first-order chi connectivity index (χ1) is 15.4. The summed E-state index contributed by atoms with van der Waals surface area (Å²) in [5.41, 5.74) is 0.225. The molecule has 0 fully saturated rings. The fraction of sp³-hybridized carbons (Fsp3) is 0.174. The van der Waals surface area contributed by atoms with Crippen molar-refractivity contribution in [1.29, 1.82) is 0 Å². The average molecular weight is 475 g/mol. The van der Waals surface area contributed by atoms with Crippen LogP contribution in [0.5, 0.6) is 11.5 Å². The topological polar surface area (TPSA) is 84.9 Å². The molecule has 1 amide bonds. The second kappa shape index (κ2) is 10.9. The van der Waals surface area contributed by atoms with Crippen molar-refractivity contribution in [1.82, 2.24) is 5.32 Å². The zero-order chi connectivity index (χ0) is 23.0. The van der Waals surface area contributed by atoms with Gasteiger partial charge in [0, 0.05) is 0 Å². The number of hydrogen-bond donors (Lipinski definition) is 1. The van der Waals surface area contributed by atoms with Crippen LogP contribution in [0.15, 0.2) is 83.8 Å². The summed E-state index contributed by atoms with van der Waals surface area (Å²) in [6.07, 6.45) is 0. The number of ether oxygens (including phenoxy) is 2. The molecule has 1 N–H and O–H groups in total. The molecule has 9 heteroatoms. The summed E-state index contributed by atoms with van der Waals surface area (Å²) < 4.78 is 38.2. The molecule has 32 heavy (non-hydrogen) atoms. The van der Waals surface area contributed by atoms with E-state index in [0.717, 1.165) is 4.31 Å². The number of nitrogens with one attached hydrogen (secondary N) is 1. The average Bonchev–Trinajstić information content (AvgIpc) is 2.82. The van der Waals surface area contributed by atoms with Crippen LogP contribution in [0, 0.1) is 0 Å². The molecule has 7 nitrogen and oxygen atoms in total. The minimum absolute atomic E-state index is 0.0653. The van der Waals surface area contributed by atoms with Crippen molar-refractivity contribution in [2.45, 2.75) is 4.90 Å². The standard InChI is InChI=1S/C23H23ClN2O5S/c1-30-18-11-13-19(14-12-18)31-16-15-25-23(27)17-26(22-10-6-5-9-21(22)24)32(28,29)20-7-3-2-4-8-20/h2-14H,15-17H2,1H3,(H,25,27). The molecule has 0 aliphatic rings. The highest BCUT2D eigenvalue weighted by molar-refractivity contribution is 7.92. The number of sulfonamides is 1. The van der Waals surface area contributed by atoms with E-state index in [1.54, 1.807) is 73.8 Å². The largest absolute Gasteiger partial charge is 0.497 e. The molecule has 0 spiro atoms. The number of methoxy groups -OCH3 is 1. The normalized spacial score (nSPS) is 10.9. The van der Waals surface area contributed by atoms with Crippen molar-refractivity contribution in [3.63, 3.8) is 0 Å². The van der Waals surface area contributed by atoms with Gasteiger partial charge >= 0.3 is 0 Å². The maximum Gasteiger partial charge on any atom is 0.264 e. The molecular formula is C23H23ClN2O5S. The van der Waals surface area contributed by atoms with Gasteiger partial charge in [-0.3, -0.25) is 9.10 Å². The number of amides is 1. The molecule has 0 saturated carbocycles. The van der Waals surface area contributed by atoms with E-state index in [2.05, 4.69) is 5.32 Å². The van der Waals surface area contributed by atoms with Gasteiger partial charge in [-0.05, 0) is 48.5 Å². The summed E-state index contributed by atoms with van der Waals surface area (Å²) in [5.74, 6) is 0.858. The lowest BCUT2D eigenvalue weighted by Gasteiger charge is -2.25. The molecule has 3 rings (SSSR count). The lowest BCUT2D eigenvalue weighted by atomic mass is 10.3. The summed E-state index contributed by atoms with van der Waals surface area (Å²) in [4.78, 5) is 12.6. The van der Waals surface area contributed by atoms with E-state index in [1.807, 2.05) is 0 Å². The minimum Gasteiger partial charge on any atom is -0.497 e. The smallest absolute Gasteiger partial charge is 0.264 e. The maximum absolute atomic E-state index is 13.2. The third kappa shape index (κ3) is 5.93. The lowest BCUT2D eigenvalue weighted by molar-refractivity contribution is -0.119. The minimum atomic E-state index is -4.01. The number of hydrogen-bond acceptors (Lipinski definition) is 5. The molecule has 0 aliphatic heterocycles. The molecular weight excluding hydrogens is 452 g/mol. The molecule has 0 saturated heterocycles. The second-order valence-corrected chi connectivity index (χ2v) is 8.92. The molecule has 0 atom stereocenters. The van der Waals surface area contributed by atoms with Crippen LogP contribution < -0.4 is 19.1 Å². The molecule has 0 radical (unpaired) electrons. The van der Waals surface area contributed by atoms with Gasteiger partial charge in [0.05, 0.1) is 29.3 Å². The number of benzene rings is 3. The zero-order valence-corrected chi connectivity index (χ0v) is 19.0. The highest BCUT2D eigenvalue weighted by Gasteiger charge is 2.28. The van der Waals surface area contributed by atoms with E-state index < -0.39 is 22.5 Å². The van der Waals surface area contributed by atoms with Crippen LogP contribution in [0.2, 0.25) is 5.02 Å². The van der Waals surface area contributed by atoms with Crippen LogP contribution in [0.1, 0.15) is 0 Å². The number of carbonyl (C=O) groups is 1. The molecule has 0 heterocycles. The highest BCUT2D eigenvalue weighted by atomic mass is 35.5. The lowest BCUT2D eigenvalue weighted by Crippen LogP contribution is -2.42. The quantitative estimate of drug-likeness (QED) is 0.452. The monoisotopic (exact) mass is 474 g/mol. The first kappa shape index (κ1) is 23.4. The summed E-state index contributed by atoms with van der Waals surface area (Å²) in [6.45, 7) is -0.00823. The van der Waals surface area contributed by atoms with Crippen LogP contribution in [-0.2, 0) is 14.8 Å². The summed E-state index contributed by atoms with van der Waals surface area (Å²) in [5, 5.41) is 2.91. The first-order valence-corrected chi connectivity index (χ1v) is 11.6. The Morgan fingerprint density at radius 3 is 2.22 bits per heavy atom. The van der Waals surface area contributed by atoms with E-state index in [4.69, 9.17) is 21.1 Å². The predicted octanol–water partition coefficient (Wildman–Crippen LogP) is 3.74. The van der Waals surface area contributed by atoms with Crippen LogP contribution in [0.25, 0.3) is 0 Å². The van der Waals surface area contributed by atoms with E-state index in [9.17, 15) is 13.2 Å². The Hall–Kier alpha value is -3.23. The van der Waals surface area contributed by atoms with Gasteiger partial charge in [-0.1, -0.05) is 41.9 Å². The van der Waals surface area contributed by atoms with Gasteiger partial charge in [-0.15, -0.1) is 0 Å². The Labute approximate surface area is 192 Å². The fourth-order valence-corrected chi connectivity index (χ4v) is 4.64. The second-order valence-electron chi connectivity index (χ2n) is 6.65. The summed E-state index contributed by atoms with van der Waals surface area (Å²) in [7, 11) is -2.43. The molecule has 0 aliphatic carbocycles. The van der Waals surface area contributed by atoms with Gasteiger partial charge in [0.2, 0.25) is 5.91 Å². The fourth-order valence-electron chi connectivity index (χ4n) is 2.89. The van der Waals surface area contributed by atoms with Crippen molar-refractivity contribution in [2.24, 2.45) is 0 Å². The van der Waals surface area contributed by atoms with Crippen LogP contribution >= 0.6 is 11.6 Å². The van der Waals surface area contributed by atoms with E-state index in [1.165, 1.54) is 12.1 Å². The molecule has 0 bridgehead atoms. The molecule has 0 unspecified atom stereocenters. The maximum atomic E-state index is 13.2. The molecule has 168 valence electrons. The first-order valence-electron chi connectivity index (χ1n) is 9.77. The van der Waals surface area contributed by atoms with Crippen molar-refractivity contribution in [2.75, 3.05) is 31.1 Å².